The zero-order chi connectivity index (χ0) is 16.2. The van der Waals surface area contributed by atoms with Gasteiger partial charge in [-0.1, -0.05) is 12.2 Å². The third-order valence-corrected chi connectivity index (χ3v) is 7.69. The monoisotopic (exact) mass is 366 g/mol. The van der Waals surface area contributed by atoms with E-state index in [4.69, 9.17) is 9.29 Å². The molecular formula is C14H22O5S3. The first-order valence-electron chi connectivity index (χ1n) is 7.35. The van der Waals surface area contributed by atoms with E-state index < -0.39 is 15.4 Å². The largest absolute Gasteiger partial charge is 0.460 e. The number of hydrogen-bond acceptors (Lipinski definition) is 6. The third kappa shape index (κ3) is 5.47. The molecule has 1 N–H and O–H groups in total. The Kier molecular flexibility index (Phi) is 6.67. The van der Waals surface area contributed by atoms with E-state index in [2.05, 4.69) is 6.58 Å². The van der Waals surface area contributed by atoms with E-state index in [0.29, 0.717) is 25.7 Å². The van der Waals surface area contributed by atoms with E-state index in [1.165, 1.54) is 5.57 Å². The van der Waals surface area contributed by atoms with Gasteiger partial charge in [0.15, 0.2) is 0 Å². The molecule has 1 heterocycles. The zero-order valence-electron chi connectivity index (χ0n) is 12.4. The van der Waals surface area contributed by atoms with E-state index in [0.717, 1.165) is 23.0 Å². The quantitative estimate of drug-likeness (QED) is 0.466. The van der Waals surface area contributed by atoms with Crippen LogP contribution in [0.3, 0.4) is 0 Å². The van der Waals surface area contributed by atoms with Crippen molar-refractivity contribution in [2.24, 2.45) is 5.92 Å². The summed E-state index contributed by atoms with van der Waals surface area (Å²) in [6.45, 7) is 3.98. The Hall–Kier alpha value is -0.180. The lowest BCUT2D eigenvalue weighted by Gasteiger charge is -2.27. The standard InChI is InChI=1S/C14H22O5S3/c1-10-6-20-8-12(9-21-7-10)19-14(15)11-2-4-13(5-3-11)22(16,17)18/h11-13H,1-9H2,(H,16,17,18). The average molecular weight is 367 g/mol. The Balaban J connectivity index is 1.79. The molecule has 0 spiro atoms. The highest BCUT2D eigenvalue weighted by Crippen LogP contribution is 2.30. The predicted octanol–water partition coefficient (Wildman–Crippen LogP) is 2.38. The molecule has 8 heteroatoms. The first-order chi connectivity index (χ1) is 10.4. The normalized spacial score (nSPS) is 28.7. The van der Waals surface area contributed by atoms with Gasteiger partial charge in [0.1, 0.15) is 6.10 Å². The van der Waals surface area contributed by atoms with Crippen molar-refractivity contribution in [1.82, 2.24) is 0 Å². The first kappa shape index (κ1) is 18.2. The van der Waals surface area contributed by atoms with Gasteiger partial charge in [-0.3, -0.25) is 9.35 Å². The van der Waals surface area contributed by atoms with Crippen LogP contribution in [-0.4, -0.2) is 53.3 Å². The Morgan fingerprint density at radius 1 is 1.14 bits per heavy atom. The van der Waals surface area contributed by atoms with E-state index in [9.17, 15) is 13.2 Å². The molecule has 2 rings (SSSR count). The molecule has 1 aliphatic carbocycles. The topological polar surface area (TPSA) is 80.7 Å². The summed E-state index contributed by atoms with van der Waals surface area (Å²) in [4.78, 5) is 12.2. The Labute approximate surface area is 140 Å². The maximum atomic E-state index is 12.2. The van der Waals surface area contributed by atoms with Gasteiger partial charge in [0.2, 0.25) is 0 Å². The van der Waals surface area contributed by atoms with Crippen LogP contribution < -0.4 is 0 Å². The molecule has 2 aliphatic rings. The van der Waals surface area contributed by atoms with E-state index >= 15 is 0 Å². The zero-order valence-corrected chi connectivity index (χ0v) is 14.9. The average Bonchev–Trinajstić information content (AvgIpc) is 2.44. The summed E-state index contributed by atoms with van der Waals surface area (Å²) < 4.78 is 36.9. The van der Waals surface area contributed by atoms with Crippen molar-refractivity contribution >= 4 is 39.6 Å². The summed E-state index contributed by atoms with van der Waals surface area (Å²) in [6.07, 6.45) is 1.49. The number of carbonyl (C=O) groups excluding carboxylic acids is 1. The fourth-order valence-corrected chi connectivity index (χ4v) is 5.75. The molecule has 0 amide bonds. The SMILES string of the molecule is C=C1CSCC(OC(=O)C2CCC(S(=O)(=O)O)CC2)CSC1. The molecule has 0 unspecified atom stereocenters. The van der Waals surface area contributed by atoms with Crippen LogP contribution in [-0.2, 0) is 19.6 Å². The Morgan fingerprint density at radius 2 is 1.68 bits per heavy atom. The smallest absolute Gasteiger partial charge is 0.309 e. The van der Waals surface area contributed by atoms with Crippen molar-refractivity contribution in [2.75, 3.05) is 23.0 Å². The molecule has 0 aromatic heterocycles. The number of carbonyl (C=O) groups is 1. The molecule has 1 saturated carbocycles. The van der Waals surface area contributed by atoms with Crippen LogP contribution in [0.15, 0.2) is 12.2 Å². The number of ether oxygens (including phenoxy) is 1. The van der Waals surface area contributed by atoms with Crippen molar-refractivity contribution in [1.29, 1.82) is 0 Å². The van der Waals surface area contributed by atoms with Gasteiger partial charge < -0.3 is 4.74 Å². The van der Waals surface area contributed by atoms with E-state index in [1.54, 1.807) is 23.5 Å². The molecule has 2 fully saturated rings. The molecule has 0 aromatic carbocycles. The van der Waals surface area contributed by atoms with Gasteiger partial charge in [0.05, 0.1) is 11.2 Å². The first-order valence-corrected chi connectivity index (χ1v) is 11.2. The molecule has 0 atom stereocenters. The second-order valence-electron chi connectivity index (χ2n) is 5.83. The minimum atomic E-state index is -3.98. The predicted molar refractivity (Wildman–Crippen MR) is 91.0 cm³/mol. The highest BCUT2D eigenvalue weighted by Gasteiger charge is 2.34. The minimum Gasteiger partial charge on any atom is -0.460 e. The van der Waals surface area contributed by atoms with E-state index in [1.807, 2.05) is 0 Å². The molecule has 126 valence electrons. The van der Waals surface area contributed by atoms with Gasteiger partial charge in [-0.15, -0.1) is 0 Å². The van der Waals surface area contributed by atoms with Gasteiger partial charge >= 0.3 is 5.97 Å². The van der Waals surface area contributed by atoms with Crippen LogP contribution in [0.5, 0.6) is 0 Å². The second kappa shape index (κ2) is 8.08. The number of hydrogen-bond donors (Lipinski definition) is 1. The molecule has 0 aromatic rings. The van der Waals surface area contributed by atoms with Crippen LogP contribution in [0, 0.1) is 5.92 Å². The second-order valence-corrected chi connectivity index (χ2v) is 9.58. The van der Waals surface area contributed by atoms with Crippen LogP contribution >= 0.6 is 23.5 Å². The lowest BCUT2D eigenvalue weighted by Crippen LogP contribution is -2.33. The van der Waals surface area contributed by atoms with Crippen LogP contribution in [0.25, 0.3) is 0 Å². The summed E-state index contributed by atoms with van der Waals surface area (Å²) in [6, 6.07) is 0. The Bertz CT molecular complexity index is 497. The summed E-state index contributed by atoms with van der Waals surface area (Å²) >= 11 is 3.47. The molecule has 1 saturated heterocycles. The van der Waals surface area contributed by atoms with Crippen molar-refractivity contribution in [3.63, 3.8) is 0 Å². The number of esters is 1. The summed E-state index contributed by atoms with van der Waals surface area (Å²) in [5.74, 6) is 2.89. The summed E-state index contributed by atoms with van der Waals surface area (Å²) in [5, 5.41) is -0.727. The van der Waals surface area contributed by atoms with Gasteiger partial charge in [-0.05, 0) is 25.7 Å². The maximum Gasteiger partial charge on any atom is 0.309 e. The molecule has 22 heavy (non-hydrogen) atoms. The Morgan fingerprint density at radius 3 is 2.18 bits per heavy atom. The fourth-order valence-electron chi connectivity index (χ4n) is 2.68. The van der Waals surface area contributed by atoms with Crippen molar-refractivity contribution < 1.29 is 22.5 Å². The maximum absolute atomic E-state index is 12.2. The van der Waals surface area contributed by atoms with Gasteiger partial charge in [-0.25, -0.2) is 0 Å². The molecule has 0 bridgehead atoms. The van der Waals surface area contributed by atoms with Gasteiger partial charge in [0.25, 0.3) is 10.1 Å². The number of thioether (sulfide) groups is 2. The highest BCUT2D eigenvalue weighted by molar-refractivity contribution is 8.01. The lowest BCUT2D eigenvalue weighted by atomic mass is 9.89. The molecule has 5 nitrogen and oxygen atoms in total. The molecular weight excluding hydrogens is 344 g/mol. The van der Waals surface area contributed by atoms with Crippen molar-refractivity contribution in [2.45, 2.75) is 37.0 Å². The summed E-state index contributed by atoms with van der Waals surface area (Å²) in [7, 11) is -3.98. The third-order valence-electron chi connectivity index (χ3n) is 3.93. The molecule has 1 aliphatic heterocycles. The fraction of sp³-hybridized carbons (Fsp3) is 0.786. The van der Waals surface area contributed by atoms with Gasteiger partial charge in [-0.2, -0.15) is 31.9 Å². The van der Waals surface area contributed by atoms with Crippen LogP contribution in [0.2, 0.25) is 0 Å². The molecule has 0 radical (unpaired) electrons. The van der Waals surface area contributed by atoms with Crippen molar-refractivity contribution in [3.05, 3.63) is 12.2 Å². The summed E-state index contributed by atoms with van der Waals surface area (Å²) in [5.41, 5.74) is 1.21. The van der Waals surface area contributed by atoms with E-state index in [-0.39, 0.29) is 18.0 Å². The van der Waals surface area contributed by atoms with Crippen LogP contribution in [0.4, 0.5) is 0 Å². The minimum absolute atomic E-state index is 0.0881. The highest BCUT2D eigenvalue weighted by atomic mass is 32.2. The van der Waals surface area contributed by atoms with Crippen molar-refractivity contribution in [3.8, 4) is 0 Å². The van der Waals surface area contributed by atoms with Gasteiger partial charge in [0, 0.05) is 23.0 Å². The van der Waals surface area contributed by atoms with Crippen LogP contribution in [0.1, 0.15) is 25.7 Å². The lowest BCUT2D eigenvalue weighted by molar-refractivity contribution is -0.153. The number of rotatable bonds is 3.